The number of nitrogens with zero attached hydrogens (tertiary/aromatic N) is 4. The zero-order valence-electron chi connectivity index (χ0n) is 17.6. The van der Waals surface area contributed by atoms with Crippen molar-refractivity contribution < 1.29 is 9.47 Å². The van der Waals surface area contributed by atoms with E-state index in [0.717, 1.165) is 50.5 Å². The highest BCUT2D eigenvalue weighted by molar-refractivity contribution is 5.61. The third-order valence-corrected chi connectivity index (χ3v) is 6.57. The number of likely N-dealkylation sites (tertiary alicyclic amines) is 1. The van der Waals surface area contributed by atoms with Crippen LogP contribution in [0.15, 0.2) is 30.5 Å². The smallest absolute Gasteiger partial charge is 0.137 e. The average molecular weight is 421 g/mol. The lowest BCUT2D eigenvalue weighted by Crippen LogP contribution is -2.63. The molecule has 0 amide bonds. The van der Waals surface area contributed by atoms with E-state index in [1.165, 1.54) is 5.56 Å². The minimum absolute atomic E-state index is 0.270. The maximum absolute atomic E-state index is 9.71. The highest BCUT2D eigenvalue weighted by Crippen LogP contribution is 2.33. The summed E-state index contributed by atoms with van der Waals surface area (Å²) in [5, 5.41) is 13.0. The fraction of sp³-hybridized carbons (Fsp3) is 0.478. The number of benzene rings is 1. The highest BCUT2D eigenvalue weighted by Gasteiger charge is 2.35. The predicted octanol–water partition coefficient (Wildman–Crippen LogP) is 1.32. The van der Waals surface area contributed by atoms with Gasteiger partial charge in [0, 0.05) is 63.1 Å². The van der Waals surface area contributed by atoms with Crippen molar-refractivity contribution in [2.75, 3.05) is 63.1 Å². The molecule has 2 aromatic rings. The van der Waals surface area contributed by atoms with Gasteiger partial charge in [-0.25, -0.2) is 4.98 Å². The van der Waals surface area contributed by atoms with Crippen LogP contribution in [0.1, 0.15) is 22.6 Å². The van der Waals surface area contributed by atoms with Crippen molar-refractivity contribution in [1.82, 2.24) is 15.2 Å². The number of rotatable bonds is 6. The maximum atomic E-state index is 9.71. The van der Waals surface area contributed by atoms with E-state index in [2.05, 4.69) is 32.2 Å². The largest absolute Gasteiger partial charge is 0.487 e. The molecule has 0 radical (unpaired) electrons. The second-order valence-electron chi connectivity index (χ2n) is 8.41. The summed E-state index contributed by atoms with van der Waals surface area (Å²) in [7, 11) is 0. The minimum atomic E-state index is 0.270. The molecule has 162 valence electrons. The molecule has 1 aromatic heterocycles. The standard InChI is InChI=1S/C23H28N6O2/c24-10-17-9-16(18-13-29(14-18)19-11-26-12-19)1-2-22(17)31-15-20-21(3-4-27-23(20)25)28-5-7-30-8-6-28/h1-4,9,18-19,26H,5-8,11-15H2,(H2,25,27). The van der Waals surface area contributed by atoms with Gasteiger partial charge in [0.15, 0.2) is 0 Å². The number of nitrogen functional groups attached to an aromatic ring is 1. The molecule has 0 atom stereocenters. The SMILES string of the molecule is N#Cc1cc(C2CN(C3CNC3)C2)ccc1OCc1c(N2CCOCC2)ccnc1N. The monoisotopic (exact) mass is 420 g/mol. The van der Waals surface area contributed by atoms with Gasteiger partial charge in [0.1, 0.15) is 24.2 Å². The summed E-state index contributed by atoms with van der Waals surface area (Å²) in [4.78, 5) is 9.00. The zero-order chi connectivity index (χ0) is 21.2. The molecule has 3 fully saturated rings. The molecule has 3 aliphatic rings. The van der Waals surface area contributed by atoms with E-state index in [-0.39, 0.29) is 6.61 Å². The Morgan fingerprint density at radius 1 is 1.23 bits per heavy atom. The molecule has 8 nitrogen and oxygen atoms in total. The van der Waals surface area contributed by atoms with Gasteiger partial charge in [0.25, 0.3) is 0 Å². The molecular formula is C23H28N6O2. The molecule has 3 aliphatic heterocycles. The molecule has 0 aliphatic carbocycles. The summed E-state index contributed by atoms with van der Waals surface area (Å²) < 4.78 is 11.5. The van der Waals surface area contributed by atoms with Crippen molar-refractivity contribution in [2.24, 2.45) is 0 Å². The lowest BCUT2D eigenvalue weighted by molar-refractivity contribution is 0.0613. The fourth-order valence-corrected chi connectivity index (χ4v) is 4.46. The van der Waals surface area contributed by atoms with Crippen LogP contribution in [-0.4, -0.2) is 68.4 Å². The summed E-state index contributed by atoms with van der Waals surface area (Å²) >= 11 is 0. The number of anilines is 2. The van der Waals surface area contributed by atoms with E-state index >= 15 is 0 Å². The van der Waals surface area contributed by atoms with Crippen molar-refractivity contribution in [3.63, 3.8) is 0 Å². The second kappa shape index (κ2) is 8.71. The van der Waals surface area contributed by atoms with Crippen LogP contribution in [0.2, 0.25) is 0 Å². The van der Waals surface area contributed by atoms with Gasteiger partial charge in [0.05, 0.1) is 24.3 Å². The predicted molar refractivity (Wildman–Crippen MR) is 118 cm³/mol. The van der Waals surface area contributed by atoms with Crippen molar-refractivity contribution in [3.8, 4) is 11.8 Å². The van der Waals surface area contributed by atoms with Gasteiger partial charge in [-0.1, -0.05) is 6.07 Å². The van der Waals surface area contributed by atoms with Crippen LogP contribution in [-0.2, 0) is 11.3 Å². The van der Waals surface area contributed by atoms with E-state index in [9.17, 15) is 5.26 Å². The van der Waals surface area contributed by atoms with Crippen LogP contribution in [0.4, 0.5) is 11.5 Å². The van der Waals surface area contributed by atoms with Crippen LogP contribution >= 0.6 is 0 Å². The number of pyridine rings is 1. The molecule has 0 spiro atoms. The van der Waals surface area contributed by atoms with E-state index in [0.29, 0.717) is 42.3 Å². The van der Waals surface area contributed by atoms with Crippen molar-refractivity contribution in [2.45, 2.75) is 18.6 Å². The quantitative estimate of drug-likeness (QED) is 0.722. The summed E-state index contributed by atoms with van der Waals surface area (Å²) in [5.74, 6) is 1.53. The highest BCUT2D eigenvalue weighted by atomic mass is 16.5. The third kappa shape index (κ3) is 4.04. The number of hydrogen-bond donors (Lipinski definition) is 2. The van der Waals surface area contributed by atoms with E-state index in [1.54, 1.807) is 6.20 Å². The fourth-order valence-electron chi connectivity index (χ4n) is 4.46. The number of hydrogen-bond acceptors (Lipinski definition) is 8. The lowest BCUT2D eigenvalue weighted by Gasteiger charge is -2.48. The molecule has 0 unspecified atom stereocenters. The number of nitrogens with two attached hydrogens (primary N) is 1. The van der Waals surface area contributed by atoms with Gasteiger partial charge in [0.2, 0.25) is 0 Å². The van der Waals surface area contributed by atoms with Gasteiger partial charge in [-0.15, -0.1) is 0 Å². The third-order valence-electron chi connectivity index (χ3n) is 6.57. The summed E-state index contributed by atoms with van der Waals surface area (Å²) in [6, 6.07) is 10.9. The summed E-state index contributed by atoms with van der Waals surface area (Å²) in [6.07, 6.45) is 1.72. The van der Waals surface area contributed by atoms with Crippen LogP contribution in [0.3, 0.4) is 0 Å². The first-order valence-corrected chi connectivity index (χ1v) is 10.9. The van der Waals surface area contributed by atoms with E-state index < -0.39 is 0 Å². The van der Waals surface area contributed by atoms with E-state index in [4.69, 9.17) is 15.2 Å². The number of nitriles is 1. The van der Waals surface area contributed by atoms with Gasteiger partial charge in [-0.2, -0.15) is 5.26 Å². The Hall–Kier alpha value is -2.86. The molecular weight excluding hydrogens is 392 g/mol. The number of aromatic nitrogens is 1. The van der Waals surface area contributed by atoms with Crippen LogP contribution in [0.25, 0.3) is 0 Å². The minimum Gasteiger partial charge on any atom is -0.487 e. The first-order chi connectivity index (χ1) is 15.2. The Labute approximate surface area is 182 Å². The molecule has 1 aromatic carbocycles. The van der Waals surface area contributed by atoms with Crippen LogP contribution in [0.5, 0.6) is 5.75 Å². The molecule has 5 rings (SSSR count). The topological polar surface area (TPSA) is 99.7 Å². The Morgan fingerprint density at radius 2 is 2.03 bits per heavy atom. The maximum Gasteiger partial charge on any atom is 0.137 e. The number of nitrogens with one attached hydrogen (secondary N) is 1. The summed E-state index contributed by atoms with van der Waals surface area (Å²) in [5.41, 5.74) is 9.83. The Kier molecular flexibility index (Phi) is 5.64. The Balaban J connectivity index is 1.28. The number of ether oxygens (including phenoxy) is 2. The van der Waals surface area contributed by atoms with Crippen LogP contribution in [0, 0.1) is 11.3 Å². The number of morpholine rings is 1. The molecule has 31 heavy (non-hydrogen) atoms. The van der Waals surface area contributed by atoms with E-state index in [1.807, 2.05) is 18.2 Å². The van der Waals surface area contributed by atoms with Gasteiger partial charge >= 0.3 is 0 Å². The molecule has 3 saturated heterocycles. The normalized spacial score (nSPS) is 20.0. The van der Waals surface area contributed by atoms with Gasteiger partial charge in [-0.3, -0.25) is 4.90 Å². The molecule has 8 heteroatoms. The first kappa shape index (κ1) is 20.1. The molecule has 4 heterocycles. The van der Waals surface area contributed by atoms with Crippen LogP contribution < -0.4 is 20.7 Å². The Bertz CT molecular complexity index is 975. The average Bonchev–Trinajstić information content (AvgIpc) is 2.74. The molecule has 3 N–H and O–H groups in total. The van der Waals surface area contributed by atoms with Gasteiger partial charge in [-0.05, 0) is 23.8 Å². The summed E-state index contributed by atoms with van der Waals surface area (Å²) in [6.45, 7) is 7.58. The Morgan fingerprint density at radius 3 is 2.74 bits per heavy atom. The second-order valence-corrected chi connectivity index (χ2v) is 8.41. The van der Waals surface area contributed by atoms with Crippen molar-refractivity contribution >= 4 is 11.5 Å². The van der Waals surface area contributed by atoms with Crippen molar-refractivity contribution in [3.05, 3.63) is 47.2 Å². The lowest BCUT2D eigenvalue weighted by atomic mass is 9.88. The zero-order valence-corrected chi connectivity index (χ0v) is 17.6. The molecule has 0 bridgehead atoms. The molecule has 0 saturated carbocycles. The van der Waals surface area contributed by atoms with Crippen molar-refractivity contribution in [1.29, 1.82) is 5.26 Å². The van der Waals surface area contributed by atoms with Gasteiger partial charge < -0.3 is 25.4 Å². The first-order valence-electron chi connectivity index (χ1n) is 10.9.